The molecule has 0 bridgehead atoms. The number of hydrogen-bond acceptors (Lipinski definition) is 3. The van der Waals surface area contributed by atoms with Gasteiger partial charge in [-0.05, 0) is 50.5 Å². The first-order valence-electron chi connectivity index (χ1n) is 11.0. The van der Waals surface area contributed by atoms with Gasteiger partial charge in [-0.15, -0.1) is 0 Å². The van der Waals surface area contributed by atoms with Gasteiger partial charge >= 0.3 is 5.97 Å². The average Bonchev–Trinajstić information content (AvgIpc) is 3.18. The monoisotopic (exact) mass is 428 g/mol. The number of unbranched alkanes of at least 4 members (excludes halogenated alkanes) is 1. The highest BCUT2D eigenvalue weighted by molar-refractivity contribution is 5.84. The van der Waals surface area contributed by atoms with Gasteiger partial charge in [-0.3, -0.25) is 9.36 Å². The van der Waals surface area contributed by atoms with Gasteiger partial charge in [0.2, 0.25) is 0 Å². The lowest BCUT2D eigenvalue weighted by Crippen LogP contribution is -2.09. The molecule has 0 radical (unpaired) electrons. The molecule has 0 saturated heterocycles. The van der Waals surface area contributed by atoms with Gasteiger partial charge in [0.25, 0.3) is 0 Å². The van der Waals surface area contributed by atoms with Crippen LogP contribution in [0.5, 0.6) is 5.75 Å². The van der Waals surface area contributed by atoms with Crippen LogP contribution in [-0.2, 0) is 4.79 Å². The Labute approximate surface area is 188 Å². The molecule has 0 spiro atoms. The summed E-state index contributed by atoms with van der Waals surface area (Å²) in [5.41, 5.74) is 5.22. The molecule has 32 heavy (non-hydrogen) atoms. The van der Waals surface area contributed by atoms with Crippen molar-refractivity contribution in [3.63, 3.8) is 0 Å². The lowest BCUT2D eigenvalue weighted by molar-refractivity contribution is -0.141. The molecule has 5 heteroatoms. The molecular formula is C27H28N2O3. The fourth-order valence-corrected chi connectivity index (χ4v) is 3.75. The van der Waals surface area contributed by atoms with Crippen molar-refractivity contribution in [3.8, 4) is 22.8 Å². The SMILES string of the molecule is Cc1ccc(-n2c(-c3ccccc3)nc3ccc(OCCCCC(C)C(=O)O)cc32)cc1. The molecule has 0 aliphatic rings. The van der Waals surface area contributed by atoms with Crippen molar-refractivity contribution in [2.75, 3.05) is 6.61 Å². The Kier molecular flexibility index (Phi) is 6.55. The topological polar surface area (TPSA) is 64.4 Å². The molecule has 0 aliphatic heterocycles. The predicted molar refractivity (Wildman–Crippen MR) is 127 cm³/mol. The predicted octanol–water partition coefficient (Wildman–Crippen LogP) is 6.27. The molecule has 4 rings (SSSR count). The molecule has 1 unspecified atom stereocenters. The van der Waals surface area contributed by atoms with Crippen LogP contribution in [0.1, 0.15) is 31.7 Å². The van der Waals surface area contributed by atoms with Gasteiger partial charge in [0.05, 0.1) is 23.6 Å². The molecule has 1 aromatic heterocycles. The third-order valence-electron chi connectivity index (χ3n) is 5.67. The first-order valence-corrected chi connectivity index (χ1v) is 11.0. The summed E-state index contributed by atoms with van der Waals surface area (Å²) >= 11 is 0. The molecule has 164 valence electrons. The van der Waals surface area contributed by atoms with Crippen molar-refractivity contribution >= 4 is 17.0 Å². The number of ether oxygens (including phenoxy) is 1. The molecule has 5 nitrogen and oxygen atoms in total. The minimum Gasteiger partial charge on any atom is -0.494 e. The van der Waals surface area contributed by atoms with E-state index in [0.29, 0.717) is 13.0 Å². The average molecular weight is 429 g/mol. The zero-order valence-corrected chi connectivity index (χ0v) is 18.5. The number of hydrogen-bond donors (Lipinski definition) is 1. The van der Waals surface area contributed by atoms with Crippen molar-refractivity contribution in [1.82, 2.24) is 9.55 Å². The van der Waals surface area contributed by atoms with Crippen LogP contribution in [0.3, 0.4) is 0 Å². The molecule has 3 aromatic carbocycles. The normalized spacial score (nSPS) is 12.1. The van der Waals surface area contributed by atoms with Gasteiger partial charge in [0, 0.05) is 17.3 Å². The maximum atomic E-state index is 10.9. The molecule has 4 aromatic rings. The van der Waals surface area contributed by atoms with Crippen molar-refractivity contribution in [2.45, 2.75) is 33.1 Å². The van der Waals surface area contributed by atoms with Crippen molar-refractivity contribution in [3.05, 3.63) is 78.4 Å². The van der Waals surface area contributed by atoms with E-state index in [-0.39, 0.29) is 5.92 Å². The van der Waals surface area contributed by atoms with Gasteiger partial charge in [-0.1, -0.05) is 55.0 Å². The van der Waals surface area contributed by atoms with E-state index < -0.39 is 5.97 Å². The zero-order valence-electron chi connectivity index (χ0n) is 18.5. The van der Waals surface area contributed by atoms with Crippen LogP contribution in [-0.4, -0.2) is 27.2 Å². The zero-order chi connectivity index (χ0) is 22.5. The lowest BCUT2D eigenvalue weighted by atomic mass is 10.1. The Morgan fingerprint density at radius 2 is 1.78 bits per heavy atom. The van der Waals surface area contributed by atoms with Gasteiger partial charge in [0.1, 0.15) is 11.6 Å². The summed E-state index contributed by atoms with van der Waals surface area (Å²) < 4.78 is 8.16. The molecule has 0 fully saturated rings. The summed E-state index contributed by atoms with van der Waals surface area (Å²) in [5, 5.41) is 9.00. The Morgan fingerprint density at radius 1 is 1.03 bits per heavy atom. The first kappa shape index (κ1) is 21.6. The molecular weight excluding hydrogens is 400 g/mol. The quantitative estimate of drug-likeness (QED) is 0.319. The Balaban J connectivity index is 1.61. The van der Waals surface area contributed by atoms with Crippen LogP contribution in [0.2, 0.25) is 0 Å². The molecule has 0 saturated carbocycles. The third kappa shape index (κ3) is 4.83. The van der Waals surface area contributed by atoms with E-state index in [1.807, 2.05) is 36.4 Å². The van der Waals surface area contributed by atoms with Crippen molar-refractivity contribution in [1.29, 1.82) is 0 Å². The number of nitrogens with zero attached hydrogens (tertiary/aromatic N) is 2. The molecule has 1 atom stereocenters. The summed E-state index contributed by atoms with van der Waals surface area (Å²) in [6, 6.07) is 24.6. The van der Waals surface area contributed by atoms with Crippen LogP contribution in [0.4, 0.5) is 0 Å². The highest BCUT2D eigenvalue weighted by Crippen LogP contribution is 2.31. The fraction of sp³-hybridized carbons (Fsp3) is 0.259. The fourth-order valence-electron chi connectivity index (χ4n) is 3.75. The third-order valence-corrected chi connectivity index (χ3v) is 5.67. The van der Waals surface area contributed by atoms with Crippen LogP contribution in [0, 0.1) is 12.8 Å². The van der Waals surface area contributed by atoms with E-state index in [1.165, 1.54) is 5.56 Å². The maximum Gasteiger partial charge on any atom is 0.306 e. The number of benzene rings is 3. The largest absolute Gasteiger partial charge is 0.494 e. The van der Waals surface area contributed by atoms with Crippen LogP contribution in [0.25, 0.3) is 28.1 Å². The number of aryl methyl sites for hydroxylation is 1. The number of carboxylic acids is 1. The number of aromatic nitrogens is 2. The standard InChI is InChI=1S/C27H28N2O3/c1-19-11-13-22(14-12-19)29-25-18-23(32-17-7-6-8-20(2)27(30)31)15-16-24(25)28-26(29)21-9-4-3-5-10-21/h3-5,9-16,18,20H,6-8,17H2,1-2H3,(H,30,31). The van der Waals surface area contributed by atoms with Gasteiger partial charge in [-0.2, -0.15) is 0 Å². The molecule has 0 aliphatic carbocycles. The minimum atomic E-state index is -0.741. The van der Waals surface area contributed by atoms with Gasteiger partial charge < -0.3 is 9.84 Å². The van der Waals surface area contributed by atoms with E-state index in [2.05, 4.69) is 47.9 Å². The second kappa shape index (κ2) is 9.69. The molecule has 0 amide bonds. The number of imidazole rings is 1. The smallest absolute Gasteiger partial charge is 0.306 e. The summed E-state index contributed by atoms with van der Waals surface area (Å²) in [6.07, 6.45) is 2.32. The second-order valence-electron chi connectivity index (χ2n) is 8.21. The summed E-state index contributed by atoms with van der Waals surface area (Å²) in [4.78, 5) is 15.9. The maximum absolute atomic E-state index is 10.9. The number of aliphatic carboxylic acids is 1. The summed E-state index contributed by atoms with van der Waals surface area (Å²) in [6.45, 7) is 4.38. The summed E-state index contributed by atoms with van der Waals surface area (Å²) in [5.74, 6) is 0.627. The Hall–Kier alpha value is -3.60. The van der Waals surface area contributed by atoms with Crippen molar-refractivity contribution in [2.24, 2.45) is 5.92 Å². The number of rotatable bonds is 9. The van der Waals surface area contributed by atoms with Crippen LogP contribution >= 0.6 is 0 Å². The number of carbonyl (C=O) groups is 1. The molecule has 1 heterocycles. The number of fused-ring (bicyclic) bond motifs is 1. The van der Waals surface area contributed by atoms with Crippen molar-refractivity contribution < 1.29 is 14.6 Å². The van der Waals surface area contributed by atoms with Crippen LogP contribution < -0.4 is 4.74 Å². The lowest BCUT2D eigenvalue weighted by Gasteiger charge is -2.11. The van der Waals surface area contributed by atoms with E-state index in [1.54, 1.807) is 6.92 Å². The minimum absolute atomic E-state index is 0.313. The second-order valence-corrected chi connectivity index (χ2v) is 8.21. The van der Waals surface area contributed by atoms with E-state index >= 15 is 0 Å². The van der Waals surface area contributed by atoms with Gasteiger partial charge in [0.15, 0.2) is 0 Å². The highest BCUT2D eigenvalue weighted by atomic mass is 16.5. The van der Waals surface area contributed by atoms with Gasteiger partial charge in [-0.25, -0.2) is 4.98 Å². The Bertz CT molecular complexity index is 1200. The molecule has 1 N–H and O–H groups in total. The Morgan fingerprint density at radius 3 is 2.50 bits per heavy atom. The summed E-state index contributed by atoms with van der Waals surface area (Å²) in [7, 11) is 0. The first-order chi connectivity index (χ1) is 15.5. The highest BCUT2D eigenvalue weighted by Gasteiger charge is 2.15. The number of carboxylic acid groups (broad SMARTS) is 1. The van der Waals surface area contributed by atoms with E-state index in [9.17, 15) is 4.79 Å². The van der Waals surface area contributed by atoms with Crippen LogP contribution in [0.15, 0.2) is 72.8 Å². The van der Waals surface area contributed by atoms with E-state index in [0.717, 1.165) is 46.7 Å². The van der Waals surface area contributed by atoms with E-state index in [4.69, 9.17) is 14.8 Å².